The quantitative estimate of drug-likeness (QED) is 0.253. The van der Waals surface area contributed by atoms with Gasteiger partial charge in [-0.1, -0.05) is 0 Å². The van der Waals surface area contributed by atoms with E-state index in [0.717, 1.165) is 59.7 Å². The second kappa shape index (κ2) is 15.4. The lowest BCUT2D eigenvalue weighted by Crippen LogP contribution is -2.49. The number of aromatic amines is 1. The van der Waals surface area contributed by atoms with E-state index in [9.17, 15) is 19.2 Å². The van der Waals surface area contributed by atoms with Gasteiger partial charge in [0.05, 0.1) is 25.5 Å². The minimum absolute atomic E-state index is 0.0150. The predicted octanol–water partition coefficient (Wildman–Crippen LogP) is 4.49. The van der Waals surface area contributed by atoms with Gasteiger partial charge in [-0.3, -0.25) is 34.6 Å². The fourth-order valence-electron chi connectivity index (χ4n) is 8.33. The molecule has 55 heavy (non-hydrogen) atoms. The van der Waals surface area contributed by atoms with Gasteiger partial charge in [-0.25, -0.2) is 9.18 Å². The van der Waals surface area contributed by atoms with Gasteiger partial charge in [-0.05, 0) is 74.9 Å². The first-order valence-electron chi connectivity index (χ1n) is 18.8. The summed E-state index contributed by atoms with van der Waals surface area (Å²) in [6, 6.07) is 7.00. The van der Waals surface area contributed by atoms with Gasteiger partial charge in [0.15, 0.2) is 11.6 Å². The van der Waals surface area contributed by atoms with Crippen molar-refractivity contribution in [1.82, 2.24) is 29.9 Å². The molecular weight excluding hydrogens is 707 g/mol. The molecule has 3 fully saturated rings. The molecule has 2 aromatic carbocycles. The van der Waals surface area contributed by atoms with Crippen LogP contribution >= 0.6 is 0 Å². The number of urea groups is 1. The number of aromatic nitrogens is 3. The average molecular weight is 757 g/mol. The molecule has 15 heteroatoms. The molecule has 0 unspecified atom stereocenters. The number of pyridine rings is 1. The van der Waals surface area contributed by atoms with Crippen LogP contribution in [0.25, 0.3) is 22.0 Å². The van der Waals surface area contributed by atoms with Gasteiger partial charge in [0.25, 0.3) is 5.56 Å². The molecule has 7 rings (SSSR count). The number of ether oxygens (including phenoxy) is 2. The first-order chi connectivity index (χ1) is 26.4. The number of hydrogen-bond donors (Lipinski definition) is 2. The lowest BCUT2D eigenvalue weighted by Gasteiger charge is -2.40. The summed E-state index contributed by atoms with van der Waals surface area (Å²) >= 11 is 0. The maximum absolute atomic E-state index is 15.8. The van der Waals surface area contributed by atoms with Gasteiger partial charge in [0.1, 0.15) is 17.0 Å². The van der Waals surface area contributed by atoms with E-state index < -0.39 is 11.8 Å². The number of rotatable bonds is 9. The molecule has 3 saturated heterocycles. The molecule has 3 aliphatic heterocycles. The van der Waals surface area contributed by atoms with Crippen molar-refractivity contribution in [2.45, 2.75) is 58.5 Å². The summed E-state index contributed by atoms with van der Waals surface area (Å²) in [4.78, 5) is 57.8. The fraction of sp³-hybridized carbons (Fsp3) is 0.475. The zero-order valence-corrected chi connectivity index (χ0v) is 32.3. The lowest BCUT2D eigenvalue weighted by atomic mass is 9.93. The monoisotopic (exact) mass is 756 g/mol. The van der Waals surface area contributed by atoms with Crippen LogP contribution in [0.2, 0.25) is 0 Å². The summed E-state index contributed by atoms with van der Waals surface area (Å²) in [6.45, 7) is 7.30. The number of anilines is 2. The molecule has 0 bridgehead atoms. The van der Waals surface area contributed by atoms with Crippen LogP contribution in [0.4, 0.5) is 20.7 Å². The molecule has 0 aliphatic carbocycles. The van der Waals surface area contributed by atoms with Crippen molar-refractivity contribution in [1.29, 1.82) is 0 Å². The van der Waals surface area contributed by atoms with Crippen LogP contribution < -0.4 is 30.1 Å². The minimum atomic E-state index is -0.579. The lowest BCUT2D eigenvalue weighted by molar-refractivity contribution is -0.138. The Morgan fingerprint density at radius 2 is 1.64 bits per heavy atom. The topological polar surface area (TPSA) is 145 Å². The highest BCUT2D eigenvalue weighted by atomic mass is 19.1. The zero-order valence-electron chi connectivity index (χ0n) is 32.3. The predicted molar refractivity (Wildman–Crippen MR) is 207 cm³/mol. The molecule has 0 saturated carbocycles. The standard InChI is InChI=1S/C40H49FN8O6/c1-23-24(2)38(51)45(3)21-29(23)26-19-32(54-5)30(33(20-26)55-6)22-47-14-11-27(12-15-47)46(4)39(52)25-9-16-48(17-10-25)31-8-7-28-36(35(31)41)43-44-37(28)49-18-13-34(50)42-40(49)53/h7-8,19-21,25,27H,9-18,22H2,1-6H3,(H,43,44)(H,42,50,53). The number of benzene rings is 2. The van der Waals surface area contributed by atoms with Gasteiger partial charge in [0.2, 0.25) is 11.8 Å². The summed E-state index contributed by atoms with van der Waals surface area (Å²) in [5, 5.41) is 9.68. The Kier molecular flexibility index (Phi) is 10.6. The van der Waals surface area contributed by atoms with Crippen molar-refractivity contribution in [2.75, 3.05) is 63.8 Å². The van der Waals surface area contributed by atoms with Crippen LogP contribution in [0.1, 0.15) is 48.8 Å². The Morgan fingerprint density at radius 3 is 2.27 bits per heavy atom. The summed E-state index contributed by atoms with van der Waals surface area (Å²) in [5.74, 6) is 0.905. The highest BCUT2D eigenvalue weighted by molar-refractivity contribution is 6.09. The minimum Gasteiger partial charge on any atom is -0.496 e. The van der Waals surface area contributed by atoms with E-state index in [1.807, 2.05) is 49.0 Å². The number of nitrogens with one attached hydrogen (secondary N) is 2. The molecule has 3 aliphatic rings. The van der Waals surface area contributed by atoms with Crippen LogP contribution in [0.3, 0.4) is 0 Å². The van der Waals surface area contributed by atoms with E-state index in [1.165, 1.54) is 4.90 Å². The maximum atomic E-state index is 15.8. The van der Waals surface area contributed by atoms with Crippen LogP contribution in [0.15, 0.2) is 35.3 Å². The number of likely N-dealkylation sites (tertiary alicyclic amines) is 1. The molecule has 4 amide bonds. The van der Waals surface area contributed by atoms with E-state index in [4.69, 9.17) is 9.47 Å². The highest BCUT2D eigenvalue weighted by Gasteiger charge is 2.34. The number of aryl methyl sites for hydroxylation is 1. The van der Waals surface area contributed by atoms with Crippen molar-refractivity contribution in [3.63, 3.8) is 0 Å². The molecule has 0 spiro atoms. The van der Waals surface area contributed by atoms with Crippen molar-refractivity contribution in [3.8, 4) is 22.6 Å². The Labute approximate surface area is 319 Å². The molecule has 4 aromatic rings. The van der Waals surface area contributed by atoms with Gasteiger partial charge in [-0.15, -0.1) is 0 Å². The number of H-pyrrole nitrogens is 1. The normalized spacial score (nSPS) is 17.5. The van der Waals surface area contributed by atoms with Gasteiger partial charge in [0, 0.05) is 94.5 Å². The summed E-state index contributed by atoms with van der Waals surface area (Å²) in [7, 11) is 6.98. The number of halogens is 1. The number of imide groups is 1. The SMILES string of the molecule is COc1cc(-c2cn(C)c(=O)c(C)c2C)cc(OC)c1CN1CCC(N(C)C(=O)C2CCN(c3ccc4c(N5CCC(=O)NC5=O)n[nH]c4c3F)CC2)CC1. The van der Waals surface area contributed by atoms with Crippen molar-refractivity contribution in [3.05, 3.63) is 63.3 Å². The van der Waals surface area contributed by atoms with Crippen LogP contribution in [-0.4, -0.2) is 102 Å². The van der Waals surface area contributed by atoms with Gasteiger partial charge >= 0.3 is 6.03 Å². The maximum Gasteiger partial charge on any atom is 0.329 e. The molecule has 14 nitrogen and oxygen atoms in total. The van der Waals surface area contributed by atoms with Crippen LogP contribution in [0.5, 0.6) is 11.5 Å². The third-order valence-corrected chi connectivity index (χ3v) is 11.8. The Bertz CT molecular complexity index is 2180. The number of nitrogens with zero attached hydrogens (tertiary/aromatic N) is 6. The van der Waals surface area contributed by atoms with Crippen molar-refractivity contribution < 1.29 is 28.2 Å². The third kappa shape index (κ3) is 7.12. The number of methoxy groups -OCH3 is 2. The number of piperidine rings is 2. The first kappa shape index (κ1) is 37.9. The van der Waals surface area contributed by atoms with Crippen LogP contribution in [-0.2, 0) is 23.2 Å². The van der Waals surface area contributed by atoms with E-state index in [-0.39, 0.29) is 53.6 Å². The molecule has 0 atom stereocenters. The van der Waals surface area contributed by atoms with Gasteiger partial charge in [-0.2, -0.15) is 5.10 Å². The number of carbonyl (C=O) groups is 3. The Hall–Kier alpha value is -5.44. The smallest absolute Gasteiger partial charge is 0.329 e. The molecule has 2 N–H and O–H groups in total. The van der Waals surface area contributed by atoms with E-state index in [2.05, 4.69) is 20.4 Å². The highest BCUT2D eigenvalue weighted by Crippen LogP contribution is 2.38. The second-order valence-corrected chi connectivity index (χ2v) is 14.9. The largest absolute Gasteiger partial charge is 0.496 e. The van der Waals surface area contributed by atoms with Crippen molar-refractivity contribution in [2.24, 2.45) is 13.0 Å². The van der Waals surface area contributed by atoms with E-state index in [1.54, 1.807) is 38.0 Å². The summed E-state index contributed by atoms with van der Waals surface area (Å²) in [5.41, 5.74) is 5.06. The molecule has 5 heterocycles. The van der Waals surface area contributed by atoms with Gasteiger partial charge < -0.3 is 23.8 Å². The zero-order chi connectivity index (χ0) is 39.1. The van der Waals surface area contributed by atoms with E-state index >= 15 is 4.39 Å². The van der Waals surface area contributed by atoms with E-state index in [0.29, 0.717) is 49.1 Å². The molecule has 2 aromatic heterocycles. The average Bonchev–Trinajstić information content (AvgIpc) is 3.63. The Balaban J connectivity index is 0.950. The molecule has 292 valence electrons. The first-order valence-corrected chi connectivity index (χ1v) is 18.8. The second-order valence-electron chi connectivity index (χ2n) is 14.9. The summed E-state index contributed by atoms with van der Waals surface area (Å²) < 4.78 is 29.2. The summed E-state index contributed by atoms with van der Waals surface area (Å²) in [6.07, 6.45) is 4.91. The number of hydrogen-bond acceptors (Lipinski definition) is 9. The third-order valence-electron chi connectivity index (χ3n) is 11.8. The fourth-order valence-corrected chi connectivity index (χ4v) is 8.33. The molecule has 0 radical (unpaired) electrons. The molecular formula is C40H49FN8O6. The van der Waals surface area contributed by atoms with Crippen LogP contribution in [0, 0.1) is 25.6 Å². The van der Waals surface area contributed by atoms with Crippen molar-refractivity contribution >= 4 is 40.3 Å². The number of amides is 4. The Morgan fingerprint density at radius 1 is 0.964 bits per heavy atom. The number of carbonyl (C=O) groups excluding carboxylic acids is 3. The number of fused-ring (bicyclic) bond motifs is 1.